The molecule has 4 rings (SSSR count). The van der Waals surface area contributed by atoms with Crippen LogP contribution < -0.4 is 10.6 Å². The number of carbonyl (C=O) groups is 2. The van der Waals surface area contributed by atoms with Crippen molar-refractivity contribution in [3.63, 3.8) is 0 Å². The van der Waals surface area contributed by atoms with Crippen LogP contribution in [0.1, 0.15) is 56.9 Å². The first-order valence-corrected chi connectivity index (χ1v) is 12.1. The van der Waals surface area contributed by atoms with Crippen LogP contribution in [0.15, 0.2) is 24.3 Å². The Morgan fingerprint density at radius 1 is 1.10 bits per heavy atom. The van der Waals surface area contributed by atoms with Crippen molar-refractivity contribution in [2.24, 2.45) is 0 Å². The first-order valence-electron chi connectivity index (χ1n) is 10.7. The van der Waals surface area contributed by atoms with E-state index in [0.717, 1.165) is 37.7 Å². The number of rotatable bonds is 4. The third-order valence-electron chi connectivity index (χ3n) is 6.53. The van der Waals surface area contributed by atoms with E-state index in [-0.39, 0.29) is 17.7 Å². The summed E-state index contributed by atoms with van der Waals surface area (Å²) in [5, 5.41) is 5.91. The van der Waals surface area contributed by atoms with Crippen molar-refractivity contribution in [1.29, 1.82) is 0 Å². The van der Waals surface area contributed by atoms with E-state index < -0.39 is 15.7 Å². The lowest BCUT2D eigenvalue weighted by Crippen LogP contribution is -2.56. The Morgan fingerprint density at radius 2 is 1.80 bits per heavy atom. The third kappa shape index (κ3) is 4.10. The zero-order valence-corrected chi connectivity index (χ0v) is 18.2. The number of amides is 2. The molecule has 2 atom stereocenters. The van der Waals surface area contributed by atoms with Gasteiger partial charge in [-0.15, -0.1) is 0 Å². The number of anilines is 1. The molecule has 0 aliphatic carbocycles. The molecule has 0 bridgehead atoms. The first kappa shape index (κ1) is 21.3. The predicted molar refractivity (Wildman–Crippen MR) is 114 cm³/mol. The summed E-state index contributed by atoms with van der Waals surface area (Å²) in [6.45, 7) is 3.23. The van der Waals surface area contributed by atoms with Gasteiger partial charge in [-0.2, -0.15) is 17.0 Å². The number of benzene rings is 1. The molecule has 0 saturated carbocycles. The van der Waals surface area contributed by atoms with Gasteiger partial charge in [-0.05, 0) is 43.4 Å². The smallest absolute Gasteiger partial charge is 0.282 e. The summed E-state index contributed by atoms with van der Waals surface area (Å²) in [4.78, 5) is 23.6. The fourth-order valence-corrected chi connectivity index (χ4v) is 6.85. The molecule has 3 saturated heterocycles. The van der Waals surface area contributed by atoms with E-state index in [1.54, 1.807) is 8.61 Å². The first-order chi connectivity index (χ1) is 14.3. The van der Waals surface area contributed by atoms with Crippen molar-refractivity contribution in [2.45, 2.75) is 56.9 Å². The van der Waals surface area contributed by atoms with E-state index in [0.29, 0.717) is 38.3 Å². The van der Waals surface area contributed by atoms with E-state index in [2.05, 4.69) is 10.6 Å². The van der Waals surface area contributed by atoms with Crippen LogP contribution in [0.5, 0.6) is 0 Å². The van der Waals surface area contributed by atoms with Crippen LogP contribution >= 0.6 is 0 Å². The lowest BCUT2D eigenvalue weighted by Gasteiger charge is -2.39. The van der Waals surface area contributed by atoms with E-state index >= 15 is 0 Å². The quantitative estimate of drug-likeness (QED) is 0.755. The largest absolute Gasteiger partial charge is 0.349 e. The highest BCUT2D eigenvalue weighted by atomic mass is 32.2. The van der Waals surface area contributed by atoms with Gasteiger partial charge < -0.3 is 10.6 Å². The van der Waals surface area contributed by atoms with Crippen LogP contribution in [0.2, 0.25) is 0 Å². The number of hydrogen-bond donors (Lipinski definition) is 2. The zero-order valence-electron chi connectivity index (χ0n) is 17.4. The highest BCUT2D eigenvalue weighted by Crippen LogP contribution is 2.43. The topological polar surface area (TPSA) is 98.8 Å². The summed E-state index contributed by atoms with van der Waals surface area (Å²) in [6, 6.07) is 7.51. The number of nitrogens with one attached hydrogen (secondary N) is 2. The maximum Gasteiger partial charge on any atom is 0.282 e. The average Bonchev–Trinajstić information content (AvgIpc) is 3.08. The minimum absolute atomic E-state index is 0.0154. The summed E-state index contributed by atoms with van der Waals surface area (Å²) in [7, 11) is -3.56. The molecular formula is C21H30N4O4S. The molecule has 0 radical (unpaired) electrons. The van der Waals surface area contributed by atoms with Crippen LogP contribution in [-0.2, 0) is 19.8 Å². The molecule has 3 heterocycles. The Kier molecular flexibility index (Phi) is 5.87. The van der Waals surface area contributed by atoms with E-state index in [1.165, 1.54) is 6.92 Å². The third-order valence-corrected chi connectivity index (χ3v) is 8.48. The van der Waals surface area contributed by atoms with Gasteiger partial charge >= 0.3 is 0 Å². The molecule has 1 spiro atoms. The van der Waals surface area contributed by atoms with Gasteiger partial charge in [-0.3, -0.25) is 9.59 Å². The minimum atomic E-state index is -3.56. The molecule has 2 amide bonds. The van der Waals surface area contributed by atoms with Gasteiger partial charge in [0.05, 0.1) is 5.54 Å². The van der Waals surface area contributed by atoms with Gasteiger partial charge in [0.15, 0.2) is 0 Å². The molecule has 3 aliphatic heterocycles. The maximum absolute atomic E-state index is 13.3. The van der Waals surface area contributed by atoms with Gasteiger partial charge in [0.25, 0.3) is 10.2 Å². The molecule has 9 heteroatoms. The van der Waals surface area contributed by atoms with Crippen LogP contribution in [0.3, 0.4) is 0 Å². The van der Waals surface area contributed by atoms with Crippen LogP contribution in [0.4, 0.5) is 5.69 Å². The van der Waals surface area contributed by atoms with Crippen LogP contribution in [-0.4, -0.2) is 60.6 Å². The normalized spacial score (nSPS) is 28.4. The Hall–Kier alpha value is -1.97. The van der Waals surface area contributed by atoms with Gasteiger partial charge in [-0.1, -0.05) is 18.6 Å². The Balaban J connectivity index is 1.63. The monoisotopic (exact) mass is 434 g/mol. The minimum Gasteiger partial charge on any atom is -0.349 e. The Labute approximate surface area is 178 Å². The van der Waals surface area contributed by atoms with Gasteiger partial charge in [0.2, 0.25) is 11.8 Å². The lowest BCUT2D eigenvalue weighted by molar-refractivity contribution is -0.125. The second-order valence-electron chi connectivity index (χ2n) is 8.67. The van der Waals surface area contributed by atoms with Crippen molar-refractivity contribution in [1.82, 2.24) is 13.9 Å². The number of piperidine rings is 2. The van der Waals surface area contributed by atoms with E-state index in [1.807, 2.05) is 24.3 Å². The second kappa shape index (κ2) is 8.28. The molecule has 0 aromatic heterocycles. The summed E-state index contributed by atoms with van der Waals surface area (Å²) >= 11 is 0. The molecule has 164 valence electrons. The Bertz CT molecular complexity index is 911. The second-order valence-corrected chi connectivity index (χ2v) is 10.6. The summed E-state index contributed by atoms with van der Waals surface area (Å²) in [6.07, 6.45) is 4.84. The highest BCUT2D eigenvalue weighted by Gasteiger charge is 2.53. The molecule has 0 unspecified atom stereocenters. The van der Waals surface area contributed by atoms with Crippen molar-refractivity contribution < 1.29 is 18.0 Å². The standard InChI is InChI=1S/C21H30N4O4S/c1-16(26)22-18-9-7-17(8-10-18)19-14-25(15-21(19)11-5-6-20(27)23-21)30(28,29)24-12-3-2-4-13-24/h7-10,19H,2-6,11-15H2,1H3,(H,22,26)(H,23,27)/t19-,21+/m0/s1. The van der Waals surface area contributed by atoms with Crippen molar-refractivity contribution in [3.8, 4) is 0 Å². The molecule has 3 fully saturated rings. The van der Waals surface area contributed by atoms with Crippen molar-refractivity contribution >= 4 is 27.7 Å². The van der Waals surface area contributed by atoms with Crippen molar-refractivity contribution in [2.75, 3.05) is 31.5 Å². The molecule has 3 aliphatic rings. The SMILES string of the molecule is CC(=O)Nc1ccc([C@@H]2CN(S(=O)(=O)N3CCCCC3)C[C@]23CCCC(=O)N3)cc1. The number of carbonyl (C=O) groups excluding carboxylic acids is 2. The number of nitrogens with zero attached hydrogens (tertiary/aromatic N) is 2. The fourth-order valence-electron chi connectivity index (χ4n) is 5.08. The van der Waals surface area contributed by atoms with Gasteiger partial charge in [0, 0.05) is 51.1 Å². The molecular weight excluding hydrogens is 404 g/mol. The van der Waals surface area contributed by atoms with E-state index in [4.69, 9.17) is 0 Å². The van der Waals surface area contributed by atoms with E-state index in [9.17, 15) is 18.0 Å². The molecule has 30 heavy (non-hydrogen) atoms. The average molecular weight is 435 g/mol. The van der Waals surface area contributed by atoms with Crippen molar-refractivity contribution in [3.05, 3.63) is 29.8 Å². The molecule has 1 aromatic carbocycles. The molecule has 8 nitrogen and oxygen atoms in total. The summed E-state index contributed by atoms with van der Waals surface area (Å²) in [5.41, 5.74) is 1.08. The maximum atomic E-state index is 13.3. The zero-order chi connectivity index (χ0) is 21.4. The fraction of sp³-hybridized carbons (Fsp3) is 0.619. The molecule has 2 N–H and O–H groups in total. The van der Waals surface area contributed by atoms with Crippen LogP contribution in [0.25, 0.3) is 0 Å². The van der Waals surface area contributed by atoms with Gasteiger partial charge in [-0.25, -0.2) is 0 Å². The lowest BCUT2D eigenvalue weighted by atomic mass is 9.76. The van der Waals surface area contributed by atoms with Gasteiger partial charge in [0.1, 0.15) is 0 Å². The predicted octanol–water partition coefficient (Wildman–Crippen LogP) is 1.81. The van der Waals surface area contributed by atoms with Crippen LogP contribution in [0, 0.1) is 0 Å². The number of hydrogen-bond acceptors (Lipinski definition) is 4. The molecule has 1 aromatic rings. The highest BCUT2D eigenvalue weighted by molar-refractivity contribution is 7.86. The summed E-state index contributed by atoms with van der Waals surface area (Å²) < 4.78 is 29.8. The Morgan fingerprint density at radius 3 is 2.43 bits per heavy atom. The summed E-state index contributed by atoms with van der Waals surface area (Å²) in [5.74, 6) is -0.288.